The van der Waals surface area contributed by atoms with Crippen LogP contribution in [-0.2, 0) is 62.6 Å². The summed E-state index contributed by atoms with van der Waals surface area (Å²) in [7, 11) is 5.92. The monoisotopic (exact) mass is 543 g/mol. The van der Waals surface area contributed by atoms with E-state index in [1.54, 1.807) is 24.3 Å². The number of rotatable bonds is 7. The van der Waals surface area contributed by atoms with Crippen LogP contribution in [0.25, 0.3) is 10.9 Å². The molecule has 0 aliphatic heterocycles. The molecule has 0 radical (unpaired) electrons. The normalized spacial score (nSPS) is 18.5. The number of para-hydroxylation sites is 1. The van der Waals surface area contributed by atoms with Crippen LogP contribution >= 0.6 is 0 Å². The fraction of sp³-hybridized carbons (Fsp3) is 0.308. The molecular weight excluding hydrogens is 518 g/mol. The first-order chi connectivity index (χ1) is 18.6. The number of H-pyrrole nitrogens is 1. The molecular formula is C26H25NO12. The van der Waals surface area contributed by atoms with E-state index in [1.165, 1.54) is 0 Å². The van der Waals surface area contributed by atoms with Gasteiger partial charge in [0.05, 0.1) is 59.4 Å². The van der Waals surface area contributed by atoms with E-state index in [1.807, 2.05) is 0 Å². The lowest BCUT2D eigenvalue weighted by Gasteiger charge is -2.39. The van der Waals surface area contributed by atoms with E-state index >= 15 is 0 Å². The van der Waals surface area contributed by atoms with Crippen molar-refractivity contribution in [3.8, 4) is 0 Å². The second kappa shape index (κ2) is 11.2. The third kappa shape index (κ3) is 4.31. The summed E-state index contributed by atoms with van der Waals surface area (Å²) >= 11 is 0. The van der Waals surface area contributed by atoms with Crippen LogP contribution in [0, 0.1) is 0 Å². The molecule has 39 heavy (non-hydrogen) atoms. The minimum absolute atomic E-state index is 0.0180. The molecule has 2 unspecified atom stereocenters. The molecule has 2 atom stereocenters. The summed E-state index contributed by atoms with van der Waals surface area (Å²) in [6.45, 7) is 0. The van der Waals surface area contributed by atoms with Gasteiger partial charge in [-0.25, -0.2) is 19.2 Å². The van der Waals surface area contributed by atoms with Gasteiger partial charge in [-0.1, -0.05) is 18.2 Å². The number of hydrogen-bond donors (Lipinski definition) is 1. The number of benzene rings is 1. The van der Waals surface area contributed by atoms with Gasteiger partial charge in [-0.2, -0.15) is 0 Å². The van der Waals surface area contributed by atoms with E-state index in [0.29, 0.717) is 17.0 Å². The molecule has 1 aliphatic rings. The zero-order valence-electron chi connectivity index (χ0n) is 21.9. The Morgan fingerprint density at radius 3 is 1.97 bits per heavy atom. The van der Waals surface area contributed by atoms with Gasteiger partial charge in [0.1, 0.15) is 5.92 Å². The average Bonchev–Trinajstić information content (AvgIpc) is 3.36. The molecule has 2 aromatic rings. The van der Waals surface area contributed by atoms with Gasteiger partial charge in [-0.3, -0.25) is 9.59 Å². The van der Waals surface area contributed by atoms with Crippen molar-refractivity contribution in [2.75, 3.05) is 42.7 Å². The van der Waals surface area contributed by atoms with Crippen molar-refractivity contribution in [2.45, 2.75) is 11.3 Å². The molecule has 1 heterocycles. The van der Waals surface area contributed by atoms with Gasteiger partial charge in [0.15, 0.2) is 5.41 Å². The minimum atomic E-state index is -2.72. The van der Waals surface area contributed by atoms with Gasteiger partial charge in [-0.15, -0.1) is 0 Å². The molecule has 1 N–H and O–H groups in total. The number of hydrogen-bond acceptors (Lipinski definition) is 12. The smallest absolute Gasteiger partial charge is 0.336 e. The average molecular weight is 543 g/mol. The van der Waals surface area contributed by atoms with Crippen molar-refractivity contribution in [2.24, 2.45) is 0 Å². The van der Waals surface area contributed by atoms with Crippen LogP contribution in [0.5, 0.6) is 0 Å². The molecule has 1 aromatic heterocycles. The third-order valence-electron chi connectivity index (χ3n) is 6.34. The van der Waals surface area contributed by atoms with Crippen molar-refractivity contribution in [1.82, 2.24) is 4.98 Å². The van der Waals surface area contributed by atoms with Crippen LogP contribution in [-0.4, -0.2) is 83.5 Å². The molecule has 0 fully saturated rings. The topological polar surface area (TPSA) is 174 Å². The molecule has 1 aromatic carbocycles. The van der Waals surface area contributed by atoms with Gasteiger partial charge in [0.2, 0.25) is 0 Å². The summed E-state index contributed by atoms with van der Waals surface area (Å²) < 4.78 is 29.5. The van der Waals surface area contributed by atoms with Crippen molar-refractivity contribution >= 4 is 46.7 Å². The molecule has 206 valence electrons. The highest BCUT2D eigenvalue weighted by Crippen LogP contribution is 2.54. The van der Waals surface area contributed by atoms with E-state index < -0.39 is 63.9 Å². The molecule has 0 saturated carbocycles. The quantitative estimate of drug-likeness (QED) is 0.295. The van der Waals surface area contributed by atoms with Crippen LogP contribution in [0.3, 0.4) is 0 Å². The lowest BCUT2D eigenvalue weighted by molar-refractivity contribution is -0.152. The molecule has 1 aliphatic carbocycles. The maximum Gasteiger partial charge on any atom is 0.336 e. The lowest BCUT2D eigenvalue weighted by Crippen LogP contribution is -2.51. The Labute approximate surface area is 221 Å². The SMILES string of the molecule is COC(=O)C=C(C(=O)OC)C1(C(=O)OC)C(C(=O)OC)=C(C(=O)OC)C(C(=O)OC)c2c1[nH]c1ccccc21. The van der Waals surface area contributed by atoms with Crippen molar-refractivity contribution in [3.63, 3.8) is 0 Å². The second-order valence-corrected chi connectivity index (χ2v) is 8.00. The fourth-order valence-corrected chi connectivity index (χ4v) is 4.77. The maximum atomic E-state index is 13.9. The maximum absolute atomic E-state index is 13.9. The van der Waals surface area contributed by atoms with E-state index in [2.05, 4.69) is 9.72 Å². The minimum Gasteiger partial charge on any atom is -0.468 e. The zero-order chi connectivity index (χ0) is 29.1. The van der Waals surface area contributed by atoms with E-state index in [0.717, 1.165) is 42.7 Å². The van der Waals surface area contributed by atoms with Crippen molar-refractivity contribution in [1.29, 1.82) is 0 Å². The Bertz CT molecular complexity index is 1450. The molecule has 13 nitrogen and oxygen atoms in total. The first kappa shape index (κ1) is 28.6. The van der Waals surface area contributed by atoms with Gasteiger partial charge in [0, 0.05) is 28.2 Å². The van der Waals surface area contributed by atoms with Crippen LogP contribution in [0.2, 0.25) is 0 Å². The van der Waals surface area contributed by atoms with Gasteiger partial charge < -0.3 is 33.4 Å². The predicted molar refractivity (Wildman–Crippen MR) is 130 cm³/mol. The first-order valence-corrected chi connectivity index (χ1v) is 11.2. The van der Waals surface area contributed by atoms with E-state index in [-0.39, 0.29) is 11.3 Å². The number of fused-ring (bicyclic) bond motifs is 3. The number of carbonyl (C=O) groups excluding carboxylic acids is 6. The van der Waals surface area contributed by atoms with Crippen molar-refractivity contribution in [3.05, 3.63) is 58.3 Å². The number of methoxy groups -OCH3 is 6. The van der Waals surface area contributed by atoms with Crippen LogP contribution in [0.15, 0.2) is 47.1 Å². The highest BCUT2D eigenvalue weighted by atomic mass is 16.5. The second-order valence-electron chi connectivity index (χ2n) is 8.00. The van der Waals surface area contributed by atoms with E-state index in [4.69, 9.17) is 23.7 Å². The largest absolute Gasteiger partial charge is 0.468 e. The number of esters is 6. The number of aromatic nitrogens is 1. The Hall–Kier alpha value is -4.94. The molecule has 0 bridgehead atoms. The number of ether oxygens (including phenoxy) is 6. The predicted octanol–water partition coefficient (Wildman–Crippen LogP) is 0.764. The lowest BCUT2D eigenvalue weighted by atomic mass is 9.61. The third-order valence-corrected chi connectivity index (χ3v) is 6.34. The van der Waals surface area contributed by atoms with Crippen molar-refractivity contribution < 1.29 is 57.2 Å². The molecule has 0 spiro atoms. The van der Waals surface area contributed by atoms with Gasteiger partial charge >= 0.3 is 35.8 Å². The Morgan fingerprint density at radius 2 is 1.44 bits per heavy atom. The highest BCUT2D eigenvalue weighted by molar-refractivity contribution is 6.20. The number of aromatic amines is 1. The Balaban J connectivity index is 2.81. The molecule has 0 saturated heterocycles. The first-order valence-electron chi connectivity index (χ1n) is 11.2. The Morgan fingerprint density at radius 1 is 0.795 bits per heavy atom. The Kier molecular flexibility index (Phi) is 8.23. The highest BCUT2D eigenvalue weighted by Gasteiger charge is 2.63. The van der Waals surface area contributed by atoms with E-state index in [9.17, 15) is 28.8 Å². The van der Waals surface area contributed by atoms with Crippen LogP contribution in [0.1, 0.15) is 17.2 Å². The van der Waals surface area contributed by atoms with Crippen LogP contribution in [0.4, 0.5) is 0 Å². The number of nitrogens with one attached hydrogen (secondary N) is 1. The molecule has 0 amide bonds. The summed E-state index contributed by atoms with van der Waals surface area (Å²) in [5.74, 6) is -8.87. The fourth-order valence-electron chi connectivity index (χ4n) is 4.77. The van der Waals surface area contributed by atoms with Gasteiger partial charge in [-0.05, 0) is 6.07 Å². The summed E-state index contributed by atoms with van der Waals surface area (Å²) in [4.78, 5) is 82.8. The standard InChI is InChI=1S/C26H25NO12/c1-34-15(28)11-13(21(29)35-2)26(25(33)39-6)19(24(32)38-5)18(23(31)37-4)17(22(30)36-3)16-12-9-7-8-10-14(12)27-20(16)26/h7-11,17,27H,1-6H3. The summed E-state index contributed by atoms with van der Waals surface area (Å²) in [6, 6.07) is 6.41. The van der Waals surface area contributed by atoms with Crippen LogP contribution < -0.4 is 0 Å². The summed E-state index contributed by atoms with van der Waals surface area (Å²) in [5.41, 5.74) is -4.94. The number of carbonyl (C=O) groups is 6. The molecule has 3 rings (SSSR count). The van der Waals surface area contributed by atoms with Gasteiger partial charge in [0.25, 0.3) is 0 Å². The zero-order valence-corrected chi connectivity index (χ0v) is 21.9. The summed E-state index contributed by atoms with van der Waals surface area (Å²) in [6.07, 6.45) is 0.619. The summed E-state index contributed by atoms with van der Waals surface area (Å²) in [5, 5.41) is 0.323. The molecule has 13 heteroatoms.